The van der Waals surface area contributed by atoms with Gasteiger partial charge in [-0.05, 0) is 31.5 Å². The van der Waals surface area contributed by atoms with Crippen LogP contribution in [0.1, 0.15) is 30.6 Å². The van der Waals surface area contributed by atoms with Gasteiger partial charge in [0.2, 0.25) is 5.91 Å². The lowest BCUT2D eigenvalue weighted by atomic mass is 10.0. The second-order valence-electron chi connectivity index (χ2n) is 10.7. The molecule has 4 heterocycles. The molecular weight excluding hydrogens is 526 g/mol. The summed E-state index contributed by atoms with van der Waals surface area (Å²) in [4.78, 5) is 50.0. The smallest absolute Gasteiger partial charge is 0.251 e. The van der Waals surface area contributed by atoms with E-state index in [0.717, 1.165) is 42.6 Å². The van der Waals surface area contributed by atoms with E-state index in [1.165, 1.54) is 4.90 Å². The number of nitrogens with one attached hydrogen (secondary N) is 1. The maximum atomic E-state index is 13.5. The maximum absolute atomic E-state index is 13.5. The minimum Gasteiger partial charge on any atom is -0.366 e. The largest absolute Gasteiger partial charge is 0.366 e. The number of carbonyl (C=O) groups is 3. The Morgan fingerprint density at radius 3 is 2.58 bits per heavy atom. The van der Waals surface area contributed by atoms with Crippen molar-refractivity contribution in [3.05, 3.63) is 35.2 Å². The summed E-state index contributed by atoms with van der Waals surface area (Å²) in [7, 11) is 2.13. The van der Waals surface area contributed by atoms with Gasteiger partial charge in [-0.15, -0.1) is 22.9 Å². The molecule has 1 N–H and O–H groups in total. The molecule has 0 bridgehead atoms. The Labute approximate surface area is 232 Å². The average Bonchev–Trinajstić information content (AvgIpc) is 3.62. The molecule has 1 unspecified atom stereocenters. The topological polar surface area (TPSA) is 95.1 Å². The molecule has 0 spiro atoms. The van der Waals surface area contributed by atoms with Gasteiger partial charge in [-0.25, -0.2) is 4.98 Å². The Morgan fingerprint density at radius 1 is 1.18 bits per heavy atom. The fraction of sp³-hybridized carbons (Fsp3) is 0.556. The van der Waals surface area contributed by atoms with Crippen LogP contribution in [0, 0.1) is 5.92 Å². The summed E-state index contributed by atoms with van der Waals surface area (Å²) in [6, 6.07) is 5.84. The number of anilines is 1. The fourth-order valence-electron chi connectivity index (χ4n) is 5.29. The average molecular weight is 560 g/mol. The molecule has 3 aliphatic rings. The molecule has 3 saturated heterocycles. The van der Waals surface area contributed by atoms with E-state index in [1.807, 2.05) is 31.4 Å². The fourth-order valence-corrected chi connectivity index (χ4v) is 6.54. The molecular formula is C27H34ClN5O4S. The van der Waals surface area contributed by atoms with Crippen LogP contribution in [-0.4, -0.2) is 102 Å². The number of rotatable bonds is 7. The van der Waals surface area contributed by atoms with Crippen LogP contribution in [0.3, 0.4) is 0 Å². The number of thiazole rings is 1. The molecule has 1 aromatic heterocycles. The molecule has 2 aromatic rings. The monoisotopic (exact) mass is 559 g/mol. The van der Waals surface area contributed by atoms with Crippen LogP contribution < -0.4 is 10.2 Å². The lowest BCUT2D eigenvalue weighted by molar-refractivity contribution is -0.138. The van der Waals surface area contributed by atoms with Crippen molar-refractivity contribution in [3.63, 3.8) is 0 Å². The number of carbonyl (C=O) groups excluding carboxylic acids is 3. The first-order valence-electron chi connectivity index (χ1n) is 13.1. The predicted molar refractivity (Wildman–Crippen MR) is 148 cm³/mol. The molecule has 5 rings (SSSR count). The number of likely N-dealkylation sites (tertiary alicyclic amines) is 1. The van der Waals surface area contributed by atoms with Crippen LogP contribution >= 0.6 is 22.9 Å². The third-order valence-corrected chi connectivity index (χ3v) is 8.71. The van der Waals surface area contributed by atoms with Gasteiger partial charge >= 0.3 is 0 Å². The normalized spacial score (nSPS) is 24.7. The molecule has 3 fully saturated rings. The highest BCUT2D eigenvalue weighted by molar-refractivity contribution is 7.14. The van der Waals surface area contributed by atoms with Crippen molar-refractivity contribution in [2.45, 2.75) is 43.8 Å². The number of amides is 2. The van der Waals surface area contributed by atoms with E-state index >= 15 is 0 Å². The molecule has 0 radical (unpaired) electrons. The van der Waals surface area contributed by atoms with Gasteiger partial charge < -0.3 is 24.8 Å². The van der Waals surface area contributed by atoms with Crippen molar-refractivity contribution >= 4 is 45.7 Å². The second kappa shape index (κ2) is 11.3. The highest BCUT2D eigenvalue weighted by Crippen LogP contribution is 2.32. The van der Waals surface area contributed by atoms with Gasteiger partial charge in [0.25, 0.3) is 5.91 Å². The number of alkyl halides is 1. The summed E-state index contributed by atoms with van der Waals surface area (Å²) in [6.07, 6.45) is -0.0366. The third-order valence-electron chi connectivity index (χ3n) is 7.42. The van der Waals surface area contributed by atoms with E-state index in [4.69, 9.17) is 21.3 Å². The number of hydrogen-bond donors (Lipinski definition) is 1. The van der Waals surface area contributed by atoms with Crippen molar-refractivity contribution in [1.29, 1.82) is 0 Å². The van der Waals surface area contributed by atoms with Crippen molar-refractivity contribution in [3.8, 4) is 11.3 Å². The molecule has 1 aromatic carbocycles. The van der Waals surface area contributed by atoms with Crippen LogP contribution in [0.25, 0.3) is 11.3 Å². The Balaban J connectivity index is 1.26. The van der Waals surface area contributed by atoms with E-state index in [9.17, 15) is 14.4 Å². The number of aromatic nitrogens is 1. The number of likely N-dealkylation sites (N-methyl/N-ethyl adjacent to an activating group) is 1. The second-order valence-corrected chi connectivity index (χ2v) is 12.1. The van der Waals surface area contributed by atoms with Crippen LogP contribution in [0.5, 0.6) is 0 Å². The van der Waals surface area contributed by atoms with Crippen molar-refractivity contribution in [2.75, 3.05) is 51.3 Å². The van der Waals surface area contributed by atoms with E-state index in [-0.39, 0.29) is 36.7 Å². The van der Waals surface area contributed by atoms with Crippen molar-refractivity contribution in [1.82, 2.24) is 20.1 Å². The minimum atomic E-state index is -0.761. The Kier molecular flexibility index (Phi) is 8.04. The molecule has 0 aliphatic carbocycles. The number of benzene rings is 1. The number of ether oxygens (including phenoxy) is 1. The first-order valence-corrected chi connectivity index (χ1v) is 14.4. The maximum Gasteiger partial charge on any atom is 0.251 e. The van der Waals surface area contributed by atoms with Gasteiger partial charge in [0.05, 0.1) is 11.1 Å². The molecule has 4 atom stereocenters. The number of Topliss-reactive ketones (excluding diaryl/α,β-unsaturated/α-hetero) is 1. The van der Waals surface area contributed by atoms with Gasteiger partial charge in [0, 0.05) is 49.2 Å². The summed E-state index contributed by atoms with van der Waals surface area (Å²) in [5.41, 5.74) is 2.27. The SMILES string of the molecule is CC(C)C[C@H](NC(=O)c1ccc(-c2csc(N3CCN(C)CC3)n2)cc1)C(=O)N1CC(Cl)[C@H]2OCC(=O)[C@H]21. The summed E-state index contributed by atoms with van der Waals surface area (Å²) in [5.74, 6) is -0.611. The molecule has 38 heavy (non-hydrogen) atoms. The van der Waals surface area contributed by atoms with Crippen LogP contribution in [-0.2, 0) is 14.3 Å². The lowest BCUT2D eigenvalue weighted by Gasteiger charge is -2.32. The van der Waals surface area contributed by atoms with E-state index in [2.05, 4.69) is 22.2 Å². The van der Waals surface area contributed by atoms with E-state index in [0.29, 0.717) is 12.0 Å². The first kappa shape index (κ1) is 27.1. The van der Waals surface area contributed by atoms with Gasteiger partial charge in [0.1, 0.15) is 24.8 Å². The number of nitrogens with zero attached hydrogens (tertiary/aromatic N) is 4. The zero-order valence-corrected chi connectivity index (χ0v) is 23.5. The van der Waals surface area contributed by atoms with E-state index in [1.54, 1.807) is 23.5 Å². The summed E-state index contributed by atoms with van der Waals surface area (Å²) >= 11 is 8.01. The number of hydrogen-bond acceptors (Lipinski definition) is 8. The molecule has 11 heteroatoms. The highest BCUT2D eigenvalue weighted by atomic mass is 35.5. The molecule has 9 nitrogen and oxygen atoms in total. The number of halogens is 1. The van der Waals surface area contributed by atoms with Crippen LogP contribution in [0.15, 0.2) is 29.6 Å². The number of ketones is 1. The van der Waals surface area contributed by atoms with Crippen molar-refractivity contribution in [2.24, 2.45) is 5.92 Å². The highest BCUT2D eigenvalue weighted by Gasteiger charge is 2.52. The molecule has 3 aliphatic heterocycles. The van der Waals surface area contributed by atoms with E-state index < -0.39 is 23.6 Å². The summed E-state index contributed by atoms with van der Waals surface area (Å²) in [5, 5.41) is 5.52. The zero-order valence-electron chi connectivity index (χ0n) is 21.9. The van der Waals surface area contributed by atoms with Crippen LogP contribution in [0.4, 0.5) is 5.13 Å². The van der Waals surface area contributed by atoms with Gasteiger partial charge in [-0.1, -0.05) is 26.0 Å². The van der Waals surface area contributed by atoms with Gasteiger partial charge in [-0.2, -0.15) is 0 Å². The predicted octanol–water partition coefficient (Wildman–Crippen LogP) is 2.49. The Morgan fingerprint density at radius 2 is 1.89 bits per heavy atom. The van der Waals surface area contributed by atoms with Gasteiger partial charge in [-0.3, -0.25) is 14.4 Å². The lowest BCUT2D eigenvalue weighted by Crippen LogP contribution is -2.52. The molecule has 2 amide bonds. The quantitative estimate of drug-likeness (QED) is 0.521. The molecule has 204 valence electrons. The summed E-state index contributed by atoms with van der Waals surface area (Å²) in [6.45, 7) is 8.15. The minimum absolute atomic E-state index is 0.0360. The Bertz CT molecular complexity index is 1180. The van der Waals surface area contributed by atoms with Crippen molar-refractivity contribution < 1.29 is 19.1 Å². The first-order chi connectivity index (χ1) is 18.2. The van der Waals surface area contributed by atoms with Gasteiger partial charge in [0.15, 0.2) is 10.9 Å². The standard InChI is InChI=1S/C27H34ClN5O4S/c1-16(2)12-20(26(36)33-13-19(28)24-23(33)22(34)14-37-24)29-25(35)18-6-4-17(5-7-18)21-15-38-27(30-21)32-10-8-31(3)9-11-32/h4-7,15-16,19-20,23-24H,8-14H2,1-3H3,(H,29,35)/t19?,20-,23+,24+/m0/s1. The number of fused-ring (bicyclic) bond motifs is 1. The Hall–Kier alpha value is -2.53. The number of piperazine rings is 1. The molecule has 0 saturated carbocycles. The van der Waals surface area contributed by atoms with Crippen LogP contribution in [0.2, 0.25) is 0 Å². The zero-order chi connectivity index (χ0) is 27.0. The summed E-state index contributed by atoms with van der Waals surface area (Å²) < 4.78 is 5.51. The third kappa shape index (κ3) is 5.59.